The molecule has 2 N–H and O–H groups in total. The monoisotopic (exact) mass is 461 g/mol. The van der Waals surface area contributed by atoms with Gasteiger partial charge in [-0.25, -0.2) is 4.98 Å². The van der Waals surface area contributed by atoms with Gasteiger partial charge in [0.15, 0.2) is 10.4 Å². The quantitative estimate of drug-likeness (QED) is 0.510. The minimum absolute atomic E-state index is 0.135. The lowest BCUT2D eigenvalue weighted by Gasteiger charge is -2.19. The highest BCUT2D eigenvalue weighted by atomic mass is 79.9. The van der Waals surface area contributed by atoms with Crippen LogP contribution in [-0.4, -0.2) is 52.4 Å². The van der Waals surface area contributed by atoms with Gasteiger partial charge in [0.2, 0.25) is 11.9 Å². The highest BCUT2D eigenvalue weighted by Gasteiger charge is 2.16. The second-order valence-electron chi connectivity index (χ2n) is 6.44. The lowest BCUT2D eigenvalue weighted by molar-refractivity contribution is -0.115. The van der Waals surface area contributed by atoms with Crippen LogP contribution in [0.2, 0.25) is 0 Å². The third-order valence-corrected chi connectivity index (χ3v) is 5.07. The van der Waals surface area contributed by atoms with Gasteiger partial charge in [-0.2, -0.15) is 0 Å². The molecule has 0 aliphatic heterocycles. The highest BCUT2D eigenvalue weighted by Crippen LogP contribution is 2.19. The van der Waals surface area contributed by atoms with Crippen molar-refractivity contribution in [3.63, 3.8) is 0 Å². The Balaban J connectivity index is 1.68. The number of furan rings is 1. The Kier molecular flexibility index (Phi) is 7.05. The first-order valence-electron chi connectivity index (χ1n) is 9.52. The van der Waals surface area contributed by atoms with E-state index >= 15 is 0 Å². The lowest BCUT2D eigenvalue weighted by Crippen LogP contribution is -2.33. The summed E-state index contributed by atoms with van der Waals surface area (Å²) in [6.07, 6.45) is 0. The maximum Gasteiger partial charge on any atom is 0.287 e. The molecule has 1 aromatic carbocycles. The maximum atomic E-state index is 12.4. The molecule has 154 valence electrons. The van der Waals surface area contributed by atoms with Crippen LogP contribution >= 0.6 is 15.9 Å². The fourth-order valence-electron chi connectivity index (χ4n) is 3.03. The van der Waals surface area contributed by atoms with Gasteiger partial charge in [-0.1, -0.05) is 26.0 Å². The summed E-state index contributed by atoms with van der Waals surface area (Å²) in [4.78, 5) is 31.3. The van der Waals surface area contributed by atoms with Crippen LogP contribution < -0.4 is 10.6 Å². The molecule has 0 saturated carbocycles. The van der Waals surface area contributed by atoms with Gasteiger partial charge >= 0.3 is 0 Å². The number of carbonyl (C=O) groups is 2. The van der Waals surface area contributed by atoms with Crippen LogP contribution in [0.5, 0.6) is 0 Å². The Morgan fingerprint density at radius 2 is 1.93 bits per heavy atom. The molecular formula is C20H24BrN5O3. The number of imidazole rings is 1. The van der Waals surface area contributed by atoms with E-state index in [0.29, 0.717) is 17.2 Å². The molecule has 0 atom stereocenters. The van der Waals surface area contributed by atoms with Crippen molar-refractivity contribution < 1.29 is 14.0 Å². The summed E-state index contributed by atoms with van der Waals surface area (Å²) in [6.45, 7) is 7.53. The summed E-state index contributed by atoms with van der Waals surface area (Å²) in [5, 5.41) is 5.35. The molecule has 9 heteroatoms. The molecule has 0 aliphatic carbocycles. The second kappa shape index (κ2) is 9.71. The van der Waals surface area contributed by atoms with Crippen molar-refractivity contribution in [2.45, 2.75) is 20.4 Å². The molecule has 8 nitrogen and oxygen atoms in total. The highest BCUT2D eigenvalue weighted by molar-refractivity contribution is 9.10. The molecule has 0 spiro atoms. The third kappa shape index (κ3) is 5.24. The summed E-state index contributed by atoms with van der Waals surface area (Å²) in [5.41, 5.74) is 1.77. The minimum Gasteiger partial charge on any atom is -0.444 e. The predicted octanol–water partition coefficient (Wildman–Crippen LogP) is 3.10. The summed E-state index contributed by atoms with van der Waals surface area (Å²) in [7, 11) is 0. The SMILES string of the molecule is CCN(CC)CCn1c(NC(=O)CNC(=O)c2ccc(Br)o2)nc2ccccc21. The van der Waals surface area contributed by atoms with Crippen molar-refractivity contribution in [3.8, 4) is 0 Å². The zero-order valence-electron chi connectivity index (χ0n) is 16.4. The van der Waals surface area contributed by atoms with Crippen LogP contribution in [0, 0.1) is 0 Å². The standard InChI is InChI=1S/C20H24BrN5O3/c1-3-25(4-2)11-12-26-15-8-6-5-7-14(15)23-20(26)24-18(27)13-22-19(28)16-9-10-17(21)29-16/h5-10H,3-4,11-13H2,1-2H3,(H,22,28)(H,23,24,27). The van der Waals surface area contributed by atoms with Gasteiger partial charge in [-0.15, -0.1) is 0 Å². The normalized spacial score (nSPS) is 11.2. The van der Waals surface area contributed by atoms with E-state index in [2.05, 4.69) is 50.3 Å². The number of hydrogen-bond donors (Lipinski definition) is 2. The number of amides is 2. The van der Waals surface area contributed by atoms with Crippen LogP contribution in [0.25, 0.3) is 11.0 Å². The first-order valence-corrected chi connectivity index (χ1v) is 10.3. The molecule has 0 bridgehead atoms. The molecule has 0 saturated heterocycles. The molecule has 29 heavy (non-hydrogen) atoms. The lowest BCUT2D eigenvalue weighted by atomic mass is 10.3. The zero-order valence-corrected chi connectivity index (χ0v) is 18.0. The maximum absolute atomic E-state index is 12.4. The van der Waals surface area contributed by atoms with Crippen LogP contribution in [0.3, 0.4) is 0 Å². The minimum atomic E-state index is -0.458. The molecule has 0 fully saturated rings. The first kappa shape index (κ1) is 21.1. The number of nitrogens with one attached hydrogen (secondary N) is 2. The average Bonchev–Trinajstić information content (AvgIpc) is 3.30. The molecule has 0 unspecified atom stereocenters. The Morgan fingerprint density at radius 3 is 2.62 bits per heavy atom. The fourth-order valence-corrected chi connectivity index (χ4v) is 3.34. The van der Waals surface area contributed by atoms with Crippen LogP contribution in [0.4, 0.5) is 5.95 Å². The number of aromatic nitrogens is 2. The van der Waals surface area contributed by atoms with E-state index < -0.39 is 5.91 Å². The molecule has 3 rings (SSSR count). The molecular weight excluding hydrogens is 438 g/mol. The van der Waals surface area contributed by atoms with Gasteiger partial charge in [0.1, 0.15) is 0 Å². The smallest absolute Gasteiger partial charge is 0.287 e. The number of carbonyl (C=O) groups excluding carboxylic acids is 2. The summed E-state index contributed by atoms with van der Waals surface area (Å²) < 4.78 is 7.63. The molecule has 0 radical (unpaired) electrons. The van der Waals surface area contributed by atoms with E-state index in [1.165, 1.54) is 6.07 Å². The average molecular weight is 462 g/mol. The molecule has 2 aromatic heterocycles. The van der Waals surface area contributed by atoms with Crippen LogP contribution in [0.15, 0.2) is 45.5 Å². The van der Waals surface area contributed by atoms with Crippen molar-refractivity contribution in [3.05, 3.63) is 46.8 Å². The number of rotatable bonds is 9. The van der Waals surface area contributed by atoms with Crippen molar-refractivity contribution in [1.29, 1.82) is 0 Å². The van der Waals surface area contributed by atoms with Gasteiger partial charge in [-0.05, 0) is 53.3 Å². The molecule has 0 aliphatic rings. The molecule has 2 heterocycles. The predicted molar refractivity (Wildman–Crippen MR) is 115 cm³/mol. The number of benzene rings is 1. The largest absolute Gasteiger partial charge is 0.444 e. The summed E-state index contributed by atoms with van der Waals surface area (Å²) >= 11 is 3.14. The Labute approximate surface area is 177 Å². The van der Waals surface area contributed by atoms with E-state index in [0.717, 1.165) is 30.7 Å². The van der Waals surface area contributed by atoms with Gasteiger partial charge < -0.3 is 19.2 Å². The van der Waals surface area contributed by atoms with Gasteiger partial charge in [0.25, 0.3) is 5.91 Å². The second-order valence-corrected chi connectivity index (χ2v) is 7.22. The summed E-state index contributed by atoms with van der Waals surface area (Å²) in [6, 6.07) is 10.9. The van der Waals surface area contributed by atoms with E-state index in [-0.39, 0.29) is 18.2 Å². The Hall–Kier alpha value is -2.65. The molecule has 3 aromatic rings. The number of fused-ring (bicyclic) bond motifs is 1. The van der Waals surface area contributed by atoms with Crippen molar-refractivity contribution >= 4 is 44.7 Å². The first-order chi connectivity index (χ1) is 14.0. The van der Waals surface area contributed by atoms with Gasteiger partial charge in [0, 0.05) is 13.1 Å². The van der Waals surface area contributed by atoms with Gasteiger partial charge in [-0.3, -0.25) is 14.9 Å². The van der Waals surface area contributed by atoms with Crippen LogP contribution in [0.1, 0.15) is 24.4 Å². The zero-order chi connectivity index (χ0) is 20.8. The van der Waals surface area contributed by atoms with E-state index in [9.17, 15) is 9.59 Å². The van der Waals surface area contributed by atoms with Crippen molar-refractivity contribution in [2.75, 3.05) is 31.5 Å². The fraction of sp³-hybridized carbons (Fsp3) is 0.350. The van der Waals surface area contributed by atoms with Crippen LogP contribution in [-0.2, 0) is 11.3 Å². The number of halogens is 1. The Bertz CT molecular complexity index is 993. The number of likely N-dealkylation sites (N-methyl/N-ethyl adjacent to an activating group) is 1. The van der Waals surface area contributed by atoms with Crippen molar-refractivity contribution in [2.24, 2.45) is 0 Å². The van der Waals surface area contributed by atoms with E-state index in [1.54, 1.807) is 6.07 Å². The third-order valence-electron chi connectivity index (χ3n) is 4.65. The molecule has 2 amide bonds. The Morgan fingerprint density at radius 1 is 1.17 bits per heavy atom. The number of para-hydroxylation sites is 2. The topological polar surface area (TPSA) is 92.4 Å². The van der Waals surface area contributed by atoms with Gasteiger partial charge in [0.05, 0.1) is 17.6 Å². The summed E-state index contributed by atoms with van der Waals surface area (Å²) in [5.74, 6) is -0.210. The van der Waals surface area contributed by atoms with E-state index in [1.807, 2.05) is 28.8 Å². The van der Waals surface area contributed by atoms with Crippen molar-refractivity contribution in [1.82, 2.24) is 19.8 Å². The van der Waals surface area contributed by atoms with E-state index in [4.69, 9.17) is 4.42 Å². The number of hydrogen-bond acceptors (Lipinski definition) is 5. The number of anilines is 1. The number of nitrogens with zero attached hydrogens (tertiary/aromatic N) is 3.